The lowest BCUT2D eigenvalue weighted by Gasteiger charge is -2.28. The Morgan fingerprint density at radius 3 is 2.00 bits per heavy atom. The summed E-state index contributed by atoms with van der Waals surface area (Å²) in [5, 5.41) is 3.38. The van der Waals surface area contributed by atoms with E-state index in [-0.39, 0.29) is 6.04 Å². The first kappa shape index (κ1) is 17.0. The van der Waals surface area contributed by atoms with Gasteiger partial charge in [-0.2, -0.15) is 0 Å². The Hall–Kier alpha value is -0.380. The van der Waals surface area contributed by atoms with Crippen LogP contribution in [0.25, 0.3) is 0 Å². The van der Waals surface area contributed by atoms with Crippen LogP contribution < -0.4 is 5.32 Å². The molecule has 122 valence electrons. The van der Waals surface area contributed by atoms with Crippen LogP contribution in [0, 0.1) is 0 Å². The largest absolute Gasteiger partial charge is 0.395 e. The van der Waals surface area contributed by atoms with E-state index in [2.05, 4.69) is 5.32 Å². The Labute approximate surface area is 128 Å². The van der Waals surface area contributed by atoms with Crippen molar-refractivity contribution >= 4 is 13.2 Å². The molecule has 5 nitrogen and oxygen atoms in total. The number of hydrogen-bond donors (Lipinski definition) is 1. The lowest BCUT2D eigenvalue weighted by Crippen LogP contribution is -2.37. The SMILES string of the molecule is COP(=O)(OC)C(=NC1CCCCC1)NC1CCCCC1. The van der Waals surface area contributed by atoms with E-state index >= 15 is 0 Å². The number of hydrogen-bond acceptors (Lipinski definition) is 4. The Balaban J connectivity index is 2.12. The van der Waals surface area contributed by atoms with Crippen LogP contribution >= 0.6 is 7.60 Å². The zero-order valence-electron chi connectivity index (χ0n) is 13.3. The molecule has 0 aliphatic heterocycles. The first-order valence-corrected chi connectivity index (χ1v) is 9.78. The van der Waals surface area contributed by atoms with Crippen molar-refractivity contribution in [3.05, 3.63) is 0 Å². The zero-order chi connectivity index (χ0) is 15.1. The summed E-state index contributed by atoms with van der Waals surface area (Å²) >= 11 is 0. The number of nitrogens with one attached hydrogen (secondary N) is 1. The van der Waals surface area contributed by atoms with E-state index in [1.165, 1.54) is 52.7 Å². The van der Waals surface area contributed by atoms with Crippen LogP contribution in [0.1, 0.15) is 64.2 Å². The van der Waals surface area contributed by atoms with Crippen molar-refractivity contribution < 1.29 is 13.6 Å². The third-order valence-electron chi connectivity index (χ3n) is 4.56. The molecule has 0 aromatic rings. The maximum absolute atomic E-state index is 12.8. The quantitative estimate of drug-likeness (QED) is 0.471. The molecule has 0 saturated heterocycles. The van der Waals surface area contributed by atoms with Gasteiger partial charge in [-0.25, -0.2) is 0 Å². The number of amidine groups is 1. The van der Waals surface area contributed by atoms with Gasteiger partial charge in [0.15, 0.2) is 0 Å². The normalized spacial score (nSPS) is 23.2. The summed E-state index contributed by atoms with van der Waals surface area (Å²) in [4.78, 5) is 4.74. The van der Waals surface area contributed by atoms with Gasteiger partial charge in [0, 0.05) is 20.3 Å². The third-order valence-corrected chi connectivity index (χ3v) is 6.28. The van der Waals surface area contributed by atoms with Crippen molar-refractivity contribution in [3.63, 3.8) is 0 Å². The van der Waals surface area contributed by atoms with Crippen molar-refractivity contribution in [2.24, 2.45) is 4.99 Å². The Morgan fingerprint density at radius 1 is 0.952 bits per heavy atom. The predicted octanol–water partition coefficient (Wildman–Crippen LogP) is 4.08. The van der Waals surface area contributed by atoms with E-state index in [4.69, 9.17) is 14.0 Å². The van der Waals surface area contributed by atoms with E-state index in [9.17, 15) is 4.57 Å². The molecule has 2 aliphatic rings. The Kier molecular flexibility index (Phi) is 6.72. The van der Waals surface area contributed by atoms with Gasteiger partial charge >= 0.3 is 7.60 Å². The van der Waals surface area contributed by atoms with Crippen LogP contribution in [0.3, 0.4) is 0 Å². The second-order valence-electron chi connectivity index (χ2n) is 6.09. The first-order valence-electron chi connectivity index (χ1n) is 8.24. The van der Waals surface area contributed by atoms with Crippen molar-refractivity contribution in [2.75, 3.05) is 14.2 Å². The summed E-state index contributed by atoms with van der Waals surface area (Å²) in [6.45, 7) is 0. The molecule has 21 heavy (non-hydrogen) atoms. The van der Waals surface area contributed by atoms with Crippen LogP contribution in [-0.2, 0) is 13.6 Å². The van der Waals surface area contributed by atoms with E-state index in [0.29, 0.717) is 11.6 Å². The Morgan fingerprint density at radius 2 is 1.48 bits per heavy atom. The van der Waals surface area contributed by atoms with Gasteiger partial charge in [0.25, 0.3) is 0 Å². The average molecular weight is 316 g/mol. The fourth-order valence-corrected chi connectivity index (χ4v) is 4.39. The summed E-state index contributed by atoms with van der Waals surface area (Å²) in [7, 11) is -0.418. The monoisotopic (exact) mass is 316 g/mol. The highest BCUT2D eigenvalue weighted by Gasteiger charge is 2.33. The molecule has 0 radical (unpaired) electrons. The molecule has 0 unspecified atom stereocenters. The smallest absolute Gasteiger partial charge is 0.361 e. The molecule has 2 aliphatic carbocycles. The second-order valence-corrected chi connectivity index (χ2v) is 8.24. The van der Waals surface area contributed by atoms with Gasteiger partial charge in [0.1, 0.15) is 0 Å². The van der Waals surface area contributed by atoms with Crippen LogP contribution in [0.4, 0.5) is 0 Å². The van der Waals surface area contributed by atoms with Gasteiger partial charge in [-0.1, -0.05) is 38.5 Å². The van der Waals surface area contributed by atoms with Crippen LogP contribution in [0.2, 0.25) is 0 Å². The maximum atomic E-state index is 12.8. The highest BCUT2D eigenvalue weighted by molar-refractivity contribution is 7.72. The van der Waals surface area contributed by atoms with Crippen molar-refractivity contribution in [1.29, 1.82) is 0 Å². The highest BCUT2D eigenvalue weighted by Crippen LogP contribution is 2.48. The fraction of sp³-hybridized carbons (Fsp3) is 0.933. The molecule has 0 spiro atoms. The van der Waals surface area contributed by atoms with Gasteiger partial charge in [-0.15, -0.1) is 0 Å². The molecule has 0 bridgehead atoms. The predicted molar refractivity (Wildman–Crippen MR) is 85.9 cm³/mol. The molecule has 2 rings (SSSR count). The van der Waals surface area contributed by atoms with Gasteiger partial charge < -0.3 is 14.4 Å². The van der Waals surface area contributed by atoms with Gasteiger partial charge in [-0.05, 0) is 25.7 Å². The third kappa shape index (κ3) is 4.80. The molecule has 0 aromatic carbocycles. The summed E-state index contributed by atoms with van der Waals surface area (Å²) in [5.41, 5.74) is 0.450. The molecule has 6 heteroatoms. The second kappa shape index (κ2) is 8.30. The van der Waals surface area contributed by atoms with Crippen LogP contribution in [0.5, 0.6) is 0 Å². The molecular weight excluding hydrogens is 287 g/mol. The minimum absolute atomic E-state index is 0.253. The van der Waals surface area contributed by atoms with Crippen molar-refractivity contribution in [1.82, 2.24) is 5.32 Å². The molecule has 2 saturated carbocycles. The first-order chi connectivity index (χ1) is 10.2. The maximum Gasteiger partial charge on any atom is 0.395 e. The van der Waals surface area contributed by atoms with Crippen molar-refractivity contribution in [3.8, 4) is 0 Å². The summed E-state index contributed by atoms with van der Waals surface area (Å²) < 4.78 is 23.1. The van der Waals surface area contributed by atoms with Crippen molar-refractivity contribution in [2.45, 2.75) is 76.3 Å². The highest BCUT2D eigenvalue weighted by atomic mass is 31.2. The lowest BCUT2D eigenvalue weighted by atomic mass is 9.95. The van der Waals surface area contributed by atoms with E-state index < -0.39 is 7.60 Å². The summed E-state index contributed by atoms with van der Waals surface area (Å²) in [5.74, 6) is 0. The van der Waals surface area contributed by atoms with Gasteiger partial charge in [0.05, 0.1) is 6.04 Å². The summed E-state index contributed by atoms with van der Waals surface area (Å²) in [6, 6.07) is 0.600. The lowest BCUT2D eigenvalue weighted by molar-refractivity contribution is 0.287. The van der Waals surface area contributed by atoms with Crippen LogP contribution in [-0.4, -0.2) is 31.9 Å². The molecule has 0 aromatic heterocycles. The zero-order valence-corrected chi connectivity index (χ0v) is 14.2. The van der Waals surface area contributed by atoms with Crippen LogP contribution in [0.15, 0.2) is 4.99 Å². The fourth-order valence-electron chi connectivity index (χ4n) is 3.25. The van der Waals surface area contributed by atoms with E-state index in [1.54, 1.807) is 0 Å². The van der Waals surface area contributed by atoms with Gasteiger partial charge in [-0.3, -0.25) is 9.56 Å². The summed E-state index contributed by atoms with van der Waals surface area (Å²) in [6.07, 6.45) is 11.8. The van der Waals surface area contributed by atoms with E-state index in [0.717, 1.165) is 25.7 Å². The van der Waals surface area contributed by atoms with E-state index in [1.807, 2.05) is 0 Å². The molecule has 1 N–H and O–H groups in total. The topological polar surface area (TPSA) is 59.9 Å². The Bertz CT molecular complexity index is 380. The number of aliphatic imine (C=N–C) groups is 1. The standard InChI is InChI=1S/C15H29N2O3P/c1-19-21(18,20-2)15(16-13-9-5-3-6-10-13)17-14-11-7-4-8-12-14/h13-14H,3-12H2,1-2H3,(H,16,17). The molecular formula is C15H29N2O3P. The molecule has 0 atom stereocenters. The minimum Gasteiger partial charge on any atom is -0.361 e. The number of rotatable bonds is 5. The molecule has 0 heterocycles. The average Bonchev–Trinajstić information content (AvgIpc) is 2.55. The molecule has 0 amide bonds. The minimum atomic E-state index is -3.29. The van der Waals surface area contributed by atoms with Gasteiger partial charge in [0.2, 0.25) is 5.58 Å². The number of nitrogens with zero attached hydrogens (tertiary/aromatic N) is 1. The molecule has 2 fully saturated rings.